The molecule has 2 unspecified atom stereocenters. The molecule has 2 aliphatic rings. The monoisotopic (exact) mass is 841 g/mol. The average Bonchev–Trinajstić information content (AvgIpc) is 4.07. The predicted molar refractivity (Wildman–Crippen MR) is 244 cm³/mol. The molecule has 14 heteroatoms. The standard InChI is InChI=1S/C16H16F3N3.C16H21N3.C15H25N3O2/c17-16(18,19)15(6-7-15)11-4-5-13(20)14(9-11)22-10-12-3-1-2-8-21-12;1-11(2)13-7-8-14(17)16(10-13)19-12(3)15-6-4-5-9-18-15;1-11(9-19-3)17-15-8-13(4-5-14(15)16)18-6-7-20-10-12(18)2/h1-5,8-9,22H,6-7,10,20H2;4-12,19H,17H2,1-3H3;4-5,8,11-12,17H,6-7,9-10,16H2,1-3H3/t;;11?,12-/m..0/s1. The number of methoxy groups -OCH3 is 1. The quantitative estimate of drug-likeness (QED) is 0.0626. The van der Waals surface area contributed by atoms with Crippen molar-refractivity contribution in [3.05, 3.63) is 126 Å². The number of ether oxygens (including phenoxy) is 2. The Morgan fingerprint density at radius 3 is 2.08 bits per heavy atom. The summed E-state index contributed by atoms with van der Waals surface area (Å²) in [6.07, 6.45) is -0.470. The molecular formula is C47H62F3N9O2. The maximum Gasteiger partial charge on any atom is 0.398 e. The second kappa shape index (κ2) is 21.2. The minimum atomic E-state index is -4.22. The number of aromatic nitrogens is 2. The Morgan fingerprint density at radius 1 is 0.820 bits per heavy atom. The van der Waals surface area contributed by atoms with Gasteiger partial charge in [0.05, 0.1) is 83.3 Å². The van der Waals surface area contributed by atoms with E-state index in [2.05, 4.69) is 89.7 Å². The lowest BCUT2D eigenvalue weighted by Gasteiger charge is -2.35. The van der Waals surface area contributed by atoms with Crippen molar-refractivity contribution < 1.29 is 22.6 Å². The number of nitrogens with zero attached hydrogens (tertiary/aromatic N) is 3. The lowest BCUT2D eigenvalue weighted by atomic mass is 9.94. The van der Waals surface area contributed by atoms with Gasteiger partial charge in [0.15, 0.2) is 0 Å². The number of rotatable bonds is 13. The summed E-state index contributed by atoms with van der Waals surface area (Å²) in [7, 11) is 1.70. The molecular weight excluding hydrogens is 780 g/mol. The second-order valence-corrected chi connectivity index (χ2v) is 16.1. The highest BCUT2D eigenvalue weighted by atomic mass is 19.4. The van der Waals surface area contributed by atoms with E-state index in [4.69, 9.17) is 26.7 Å². The summed E-state index contributed by atoms with van der Waals surface area (Å²) >= 11 is 0. The molecule has 1 aliphatic heterocycles. The summed E-state index contributed by atoms with van der Waals surface area (Å²) in [5, 5.41) is 9.90. The fraction of sp³-hybridized carbons (Fsp3) is 0.404. The van der Waals surface area contributed by atoms with E-state index in [0.29, 0.717) is 36.5 Å². The molecule has 1 saturated carbocycles. The summed E-state index contributed by atoms with van der Waals surface area (Å²) in [6, 6.07) is 29.0. The van der Waals surface area contributed by atoms with E-state index in [9.17, 15) is 13.2 Å². The van der Waals surface area contributed by atoms with E-state index >= 15 is 0 Å². The van der Waals surface area contributed by atoms with E-state index in [0.717, 1.165) is 53.9 Å². The summed E-state index contributed by atoms with van der Waals surface area (Å²) < 4.78 is 50.2. The number of pyridine rings is 2. The van der Waals surface area contributed by atoms with Crippen molar-refractivity contribution in [3.8, 4) is 0 Å². The first kappa shape index (κ1) is 46.3. The Balaban J connectivity index is 0.000000174. The largest absolute Gasteiger partial charge is 0.398 e. The van der Waals surface area contributed by atoms with E-state index in [1.807, 2.05) is 42.5 Å². The van der Waals surface area contributed by atoms with Gasteiger partial charge in [-0.3, -0.25) is 9.97 Å². The van der Waals surface area contributed by atoms with Crippen LogP contribution in [0.5, 0.6) is 0 Å². The van der Waals surface area contributed by atoms with Gasteiger partial charge in [0.1, 0.15) is 0 Å². The Hall–Kier alpha value is -5.73. The first-order valence-corrected chi connectivity index (χ1v) is 20.8. The zero-order valence-corrected chi connectivity index (χ0v) is 36.1. The van der Waals surface area contributed by atoms with Crippen LogP contribution in [0, 0.1) is 0 Å². The van der Waals surface area contributed by atoms with Gasteiger partial charge >= 0.3 is 6.18 Å². The maximum absolute atomic E-state index is 13.2. The van der Waals surface area contributed by atoms with Crippen LogP contribution < -0.4 is 38.1 Å². The van der Waals surface area contributed by atoms with E-state index < -0.39 is 11.6 Å². The molecule has 9 N–H and O–H groups in total. The molecule has 0 radical (unpaired) electrons. The van der Waals surface area contributed by atoms with Gasteiger partial charge < -0.3 is 47.5 Å². The predicted octanol–water partition coefficient (Wildman–Crippen LogP) is 9.77. The van der Waals surface area contributed by atoms with E-state index in [1.54, 1.807) is 25.6 Å². The zero-order valence-electron chi connectivity index (χ0n) is 36.1. The molecule has 0 spiro atoms. The van der Waals surface area contributed by atoms with Crippen molar-refractivity contribution in [1.82, 2.24) is 9.97 Å². The lowest BCUT2D eigenvalue weighted by molar-refractivity contribution is -0.160. The lowest BCUT2D eigenvalue weighted by Crippen LogP contribution is -2.43. The van der Waals surface area contributed by atoms with Gasteiger partial charge in [-0.05, 0) is 117 Å². The van der Waals surface area contributed by atoms with Crippen molar-refractivity contribution in [2.75, 3.05) is 71.5 Å². The van der Waals surface area contributed by atoms with Gasteiger partial charge in [-0.25, -0.2) is 0 Å². The molecule has 2 fully saturated rings. The van der Waals surface area contributed by atoms with Gasteiger partial charge in [-0.1, -0.05) is 38.1 Å². The number of anilines is 7. The van der Waals surface area contributed by atoms with Crippen molar-refractivity contribution in [2.24, 2.45) is 0 Å². The number of nitrogens with one attached hydrogen (secondary N) is 3. The van der Waals surface area contributed by atoms with Gasteiger partial charge in [-0.15, -0.1) is 0 Å². The van der Waals surface area contributed by atoms with Crippen molar-refractivity contribution >= 4 is 39.8 Å². The molecule has 2 aromatic heterocycles. The molecule has 61 heavy (non-hydrogen) atoms. The zero-order chi connectivity index (χ0) is 44.2. The van der Waals surface area contributed by atoms with Crippen LogP contribution in [-0.2, 0) is 21.4 Å². The first-order chi connectivity index (χ1) is 29.1. The highest BCUT2D eigenvalue weighted by Crippen LogP contribution is 2.59. The molecule has 3 atom stereocenters. The Morgan fingerprint density at radius 2 is 1.48 bits per heavy atom. The molecule has 7 rings (SSSR count). The molecule has 0 bridgehead atoms. The Kier molecular flexibility index (Phi) is 16.1. The van der Waals surface area contributed by atoms with Gasteiger partial charge in [0, 0.05) is 43.8 Å². The molecule has 1 saturated heterocycles. The molecule has 1 aliphatic carbocycles. The van der Waals surface area contributed by atoms with Gasteiger partial charge in [0.25, 0.3) is 0 Å². The number of halogens is 3. The topological polar surface area (TPSA) is 162 Å². The smallest absolute Gasteiger partial charge is 0.397 e. The van der Waals surface area contributed by atoms with Crippen molar-refractivity contribution in [2.45, 2.75) is 89.6 Å². The fourth-order valence-electron chi connectivity index (χ4n) is 7.07. The third-order valence-electron chi connectivity index (χ3n) is 10.9. The molecule has 0 amide bonds. The first-order valence-electron chi connectivity index (χ1n) is 20.8. The van der Waals surface area contributed by atoms with Crippen molar-refractivity contribution in [1.29, 1.82) is 0 Å². The maximum atomic E-state index is 13.2. The normalized spacial score (nSPS) is 16.6. The molecule has 3 heterocycles. The highest BCUT2D eigenvalue weighted by Gasteiger charge is 2.64. The Bertz CT molecular complexity index is 2120. The number of nitrogens with two attached hydrogens (primary N) is 3. The number of morpholine rings is 1. The number of alkyl halides is 3. The summed E-state index contributed by atoms with van der Waals surface area (Å²) in [4.78, 5) is 10.9. The number of hydrogen-bond donors (Lipinski definition) is 6. The average molecular weight is 842 g/mol. The number of benzene rings is 3. The van der Waals surface area contributed by atoms with Crippen LogP contribution in [0.3, 0.4) is 0 Å². The molecule has 11 nitrogen and oxygen atoms in total. The van der Waals surface area contributed by atoms with E-state index in [-0.39, 0.29) is 30.5 Å². The van der Waals surface area contributed by atoms with Crippen LogP contribution in [0.25, 0.3) is 0 Å². The second-order valence-electron chi connectivity index (χ2n) is 16.1. The minimum Gasteiger partial charge on any atom is -0.397 e. The Labute approximate surface area is 358 Å². The summed E-state index contributed by atoms with van der Waals surface area (Å²) in [5.41, 5.74) is 25.2. The van der Waals surface area contributed by atoms with Crippen LogP contribution in [-0.4, -0.2) is 61.7 Å². The summed E-state index contributed by atoms with van der Waals surface area (Å²) in [6.45, 7) is 14.2. The van der Waals surface area contributed by atoms with Gasteiger partial charge in [0.2, 0.25) is 0 Å². The van der Waals surface area contributed by atoms with Gasteiger partial charge in [-0.2, -0.15) is 13.2 Å². The number of hydrogen-bond acceptors (Lipinski definition) is 11. The molecule has 3 aromatic carbocycles. The fourth-order valence-corrected chi connectivity index (χ4v) is 7.07. The highest BCUT2D eigenvalue weighted by molar-refractivity contribution is 5.73. The van der Waals surface area contributed by atoms with Crippen LogP contribution in [0.1, 0.15) is 81.9 Å². The van der Waals surface area contributed by atoms with E-state index in [1.165, 1.54) is 29.4 Å². The third-order valence-corrected chi connectivity index (χ3v) is 10.9. The molecule has 328 valence electrons. The van der Waals surface area contributed by atoms with Crippen LogP contribution in [0.2, 0.25) is 0 Å². The number of nitrogen functional groups attached to an aromatic ring is 3. The third kappa shape index (κ3) is 12.6. The summed E-state index contributed by atoms with van der Waals surface area (Å²) in [5.74, 6) is 0.492. The van der Waals surface area contributed by atoms with Crippen LogP contribution in [0.15, 0.2) is 103 Å². The SMILES string of the molecule is CC(C)c1ccc(N)c(NC(C)c2ccccn2)c1.COCC(C)Nc1cc(N2CCOC[C@@H]2C)ccc1N.Nc1ccc(C2(C(F)(F)F)CC2)cc1NCc1ccccn1. The van der Waals surface area contributed by atoms with Crippen LogP contribution in [0.4, 0.5) is 53.0 Å². The minimum absolute atomic E-state index is 0.130. The van der Waals surface area contributed by atoms with Crippen LogP contribution >= 0.6 is 0 Å². The van der Waals surface area contributed by atoms with Crippen molar-refractivity contribution in [3.63, 3.8) is 0 Å². The molecule has 5 aromatic rings.